The standard InChI is InChI=1S/C45H42N2/c1-7-45(8-2)34-16-12-10-14-32(34)42-36(45)22-24-40(47-42)28-18-20-30-29-19-17-27(25-37(29)44(5,6)38(30)26-28)39-23-21-35-41(46-39)31-13-9-11-15-33(31)43(35,3)4/h9-10,12-14,16-26H,7-8,11,15H2,1-6H3. The molecule has 4 aliphatic rings. The lowest BCUT2D eigenvalue weighted by Gasteiger charge is -2.29. The topological polar surface area (TPSA) is 25.8 Å². The maximum Gasteiger partial charge on any atom is 0.0753 e. The summed E-state index contributed by atoms with van der Waals surface area (Å²) >= 11 is 0. The van der Waals surface area contributed by atoms with Crippen LogP contribution in [0.25, 0.3) is 50.5 Å². The third-order valence-electron chi connectivity index (χ3n) is 12.3. The highest BCUT2D eigenvalue weighted by Gasteiger charge is 2.42. The summed E-state index contributed by atoms with van der Waals surface area (Å²) in [6.07, 6.45) is 9.03. The van der Waals surface area contributed by atoms with Crippen molar-refractivity contribution in [3.8, 4) is 44.9 Å². The summed E-state index contributed by atoms with van der Waals surface area (Å²) in [5, 5.41) is 0. The van der Waals surface area contributed by atoms with E-state index in [1.54, 1.807) is 0 Å². The minimum absolute atomic E-state index is 0.0481. The summed E-state index contributed by atoms with van der Waals surface area (Å²) in [6.45, 7) is 14.1. The monoisotopic (exact) mass is 610 g/mol. The highest BCUT2D eigenvalue weighted by Crippen LogP contribution is 2.54. The van der Waals surface area contributed by atoms with E-state index in [0.29, 0.717) is 0 Å². The molecular weight excluding hydrogens is 569 g/mol. The van der Waals surface area contributed by atoms with Crippen LogP contribution in [0.4, 0.5) is 0 Å². The molecule has 2 aromatic heterocycles. The molecule has 9 rings (SSSR count). The minimum atomic E-state index is -0.139. The summed E-state index contributed by atoms with van der Waals surface area (Å²) in [5.74, 6) is 0. The van der Waals surface area contributed by atoms with E-state index in [0.717, 1.165) is 42.8 Å². The third kappa shape index (κ3) is 3.73. The van der Waals surface area contributed by atoms with Gasteiger partial charge in [0.25, 0.3) is 0 Å². The molecule has 0 aliphatic heterocycles. The number of benzene rings is 3. The molecule has 0 radical (unpaired) electrons. The molecule has 47 heavy (non-hydrogen) atoms. The molecule has 0 atom stereocenters. The van der Waals surface area contributed by atoms with Crippen molar-refractivity contribution in [2.75, 3.05) is 0 Å². The van der Waals surface area contributed by atoms with Gasteiger partial charge < -0.3 is 0 Å². The molecule has 2 nitrogen and oxygen atoms in total. The Labute approximate surface area is 279 Å². The van der Waals surface area contributed by atoms with Crippen LogP contribution in [0.15, 0.2) is 103 Å². The van der Waals surface area contributed by atoms with Crippen LogP contribution >= 0.6 is 0 Å². The van der Waals surface area contributed by atoms with Gasteiger partial charge in [-0.1, -0.05) is 120 Å². The predicted molar refractivity (Wildman–Crippen MR) is 196 cm³/mol. The molecule has 4 aliphatic carbocycles. The molecule has 0 N–H and O–H groups in total. The van der Waals surface area contributed by atoms with E-state index in [2.05, 4.69) is 139 Å². The molecule has 0 bridgehead atoms. The Morgan fingerprint density at radius 1 is 0.574 bits per heavy atom. The number of fused-ring (bicyclic) bond motifs is 8. The van der Waals surface area contributed by atoms with Crippen LogP contribution in [-0.2, 0) is 16.2 Å². The quantitative estimate of drug-likeness (QED) is 0.202. The van der Waals surface area contributed by atoms with Crippen molar-refractivity contribution in [1.29, 1.82) is 0 Å². The second kappa shape index (κ2) is 9.73. The summed E-state index contributed by atoms with van der Waals surface area (Å²) < 4.78 is 0. The smallest absolute Gasteiger partial charge is 0.0753 e. The van der Waals surface area contributed by atoms with E-state index in [4.69, 9.17) is 9.97 Å². The van der Waals surface area contributed by atoms with E-state index < -0.39 is 0 Å². The first kappa shape index (κ1) is 28.6. The van der Waals surface area contributed by atoms with Gasteiger partial charge in [0.1, 0.15) is 0 Å². The highest BCUT2D eigenvalue weighted by atomic mass is 14.8. The first-order valence-electron chi connectivity index (χ1n) is 17.5. The zero-order valence-electron chi connectivity index (χ0n) is 28.5. The van der Waals surface area contributed by atoms with Crippen molar-refractivity contribution in [1.82, 2.24) is 9.97 Å². The number of hydrogen-bond acceptors (Lipinski definition) is 2. The lowest BCUT2D eigenvalue weighted by molar-refractivity contribution is 0.490. The second-order valence-electron chi connectivity index (χ2n) is 15.1. The lowest BCUT2D eigenvalue weighted by Crippen LogP contribution is -2.23. The van der Waals surface area contributed by atoms with Crippen LogP contribution in [0.2, 0.25) is 0 Å². The Morgan fingerprint density at radius 3 is 1.85 bits per heavy atom. The minimum Gasteiger partial charge on any atom is -0.247 e. The summed E-state index contributed by atoms with van der Waals surface area (Å²) in [4.78, 5) is 10.7. The maximum absolute atomic E-state index is 5.38. The predicted octanol–water partition coefficient (Wildman–Crippen LogP) is 11.6. The van der Waals surface area contributed by atoms with E-state index in [1.165, 1.54) is 72.5 Å². The maximum atomic E-state index is 5.38. The molecule has 2 heteroatoms. The molecule has 232 valence electrons. The van der Waals surface area contributed by atoms with Gasteiger partial charge in [-0.2, -0.15) is 0 Å². The fraction of sp³-hybridized carbons (Fsp3) is 0.289. The first-order chi connectivity index (χ1) is 22.7. The van der Waals surface area contributed by atoms with Gasteiger partial charge in [0.2, 0.25) is 0 Å². The van der Waals surface area contributed by atoms with Gasteiger partial charge in [0.15, 0.2) is 0 Å². The Hall–Kier alpha value is -4.56. The van der Waals surface area contributed by atoms with Crippen LogP contribution < -0.4 is 0 Å². The largest absolute Gasteiger partial charge is 0.247 e. The Balaban J connectivity index is 1.10. The molecular formula is C45H42N2. The molecule has 0 unspecified atom stereocenters. The van der Waals surface area contributed by atoms with Crippen molar-refractivity contribution in [2.45, 2.75) is 83.5 Å². The molecule has 5 aromatic rings. The summed E-state index contributed by atoms with van der Waals surface area (Å²) in [5.41, 5.74) is 20.5. The SMILES string of the molecule is CCC1(CC)c2ccccc2-c2nc(-c3ccc4c(c3)C(C)(C)c3cc(-c5ccc6c(n5)C5=C(CCC=C5)C6(C)C)ccc3-4)ccc21. The number of pyridine rings is 2. The number of hydrogen-bond donors (Lipinski definition) is 0. The van der Waals surface area contributed by atoms with Crippen molar-refractivity contribution in [2.24, 2.45) is 0 Å². The average Bonchev–Trinajstić information content (AvgIpc) is 3.62. The van der Waals surface area contributed by atoms with Gasteiger partial charge in [-0.15, -0.1) is 0 Å². The molecule has 0 amide bonds. The Morgan fingerprint density at radius 2 is 1.19 bits per heavy atom. The van der Waals surface area contributed by atoms with Crippen molar-refractivity contribution >= 4 is 5.57 Å². The lowest BCUT2D eigenvalue weighted by atomic mass is 9.74. The second-order valence-corrected chi connectivity index (χ2v) is 15.1. The highest BCUT2D eigenvalue weighted by molar-refractivity contribution is 5.88. The Kier molecular flexibility index (Phi) is 5.93. The molecule has 0 fully saturated rings. The molecule has 0 saturated heterocycles. The summed E-state index contributed by atoms with van der Waals surface area (Å²) in [6, 6.07) is 32.1. The van der Waals surface area contributed by atoms with Crippen molar-refractivity contribution in [3.05, 3.63) is 136 Å². The fourth-order valence-corrected chi connectivity index (χ4v) is 9.56. The van der Waals surface area contributed by atoms with Crippen LogP contribution in [0.3, 0.4) is 0 Å². The summed E-state index contributed by atoms with van der Waals surface area (Å²) in [7, 11) is 0. The third-order valence-corrected chi connectivity index (χ3v) is 12.3. The number of rotatable bonds is 4. The van der Waals surface area contributed by atoms with E-state index in [9.17, 15) is 0 Å². The van der Waals surface area contributed by atoms with Gasteiger partial charge in [0, 0.05) is 38.5 Å². The van der Waals surface area contributed by atoms with Crippen molar-refractivity contribution < 1.29 is 0 Å². The number of nitrogens with zero attached hydrogens (tertiary/aromatic N) is 2. The first-order valence-corrected chi connectivity index (χ1v) is 17.5. The molecule has 3 aromatic carbocycles. The Bertz CT molecular complexity index is 2220. The van der Waals surface area contributed by atoms with Crippen LogP contribution in [-0.4, -0.2) is 9.97 Å². The van der Waals surface area contributed by atoms with Crippen LogP contribution in [0.5, 0.6) is 0 Å². The number of aromatic nitrogens is 2. The molecule has 2 heterocycles. The van der Waals surface area contributed by atoms with Gasteiger partial charge in [0.05, 0.1) is 22.8 Å². The van der Waals surface area contributed by atoms with Crippen LogP contribution in [0, 0.1) is 0 Å². The average molecular weight is 611 g/mol. The van der Waals surface area contributed by atoms with E-state index in [-0.39, 0.29) is 16.2 Å². The van der Waals surface area contributed by atoms with E-state index >= 15 is 0 Å². The zero-order valence-corrected chi connectivity index (χ0v) is 28.5. The normalized spacial score (nSPS) is 18.3. The van der Waals surface area contributed by atoms with Gasteiger partial charge in [-0.05, 0) is 88.9 Å². The van der Waals surface area contributed by atoms with Gasteiger partial charge >= 0.3 is 0 Å². The van der Waals surface area contributed by atoms with Crippen LogP contribution in [0.1, 0.15) is 101 Å². The fourth-order valence-electron chi connectivity index (χ4n) is 9.56. The molecule has 0 spiro atoms. The van der Waals surface area contributed by atoms with Gasteiger partial charge in [-0.3, -0.25) is 0 Å². The number of allylic oxidation sites excluding steroid dienone is 4. The molecule has 0 saturated carbocycles. The van der Waals surface area contributed by atoms with Crippen molar-refractivity contribution in [3.63, 3.8) is 0 Å². The van der Waals surface area contributed by atoms with E-state index in [1.807, 2.05) is 0 Å². The zero-order chi connectivity index (χ0) is 32.3. The van der Waals surface area contributed by atoms with Gasteiger partial charge in [-0.25, -0.2) is 9.97 Å².